The summed E-state index contributed by atoms with van der Waals surface area (Å²) in [6.07, 6.45) is 0. The molecule has 6 nitrogen and oxygen atoms in total. The number of hydrogen-bond acceptors (Lipinski definition) is 6. The summed E-state index contributed by atoms with van der Waals surface area (Å²) in [5, 5.41) is 0.414. The highest BCUT2D eigenvalue weighted by Gasteiger charge is 2.14. The normalized spacial score (nSPS) is 11.8. The van der Waals surface area contributed by atoms with Crippen molar-refractivity contribution in [2.75, 3.05) is 13.7 Å². The number of hydrogen-bond donors (Lipinski definition) is 0. The van der Waals surface area contributed by atoms with E-state index < -0.39 is 5.97 Å². The maximum absolute atomic E-state index is 12.9. The van der Waals surface area contributed by atoms with E-state index in [2.05, 4.69) is 18.8 Å². The number of esters is 1. The van der Waals surface area contributed by atoms with Crippen LogP contribution >= 0.6 is 23.1 Å². The average Bonchev–Trinajstić information content (AvgIpc) is 3.04. The largest absolute Gasteiger partial charge is 0.494 e. The number of fused-ring (bicyclic) bond motifs is 1. The molecule has 1 amide bonds. The molecular weight excluding hydrogens is 420 g/mol. The Balaban J connectivity index is 2.06. The van der Waals surface area contributed by atoms with Crippen molar-refractivity contribution in [3.8, 4) is 5.75 Å². The topological polar surface area (TPSA) is 69.9 Å². The average molecular weight is 445 g/mol. The van der Waals surface area contributed by atoms with Crippen LogP contribution in [-0.4, -0.2) is 35.4 Å². The summed E-state index contributed by atoms with van der Waals surface area (Å²) in [5.41, 5.74) is 1.31. The molecule has 0 fully saturated rings. The van der Waals surface area contributed by atoms with Gasteiger partial charge in [0.25, 0.3) is 5.91 Å². The SMILES string of the molecule is CCOc1ccc2c(c1)sc(=NC(=O)c1cccc(SC(C)C)c1)n2CC(=O)OC. The zero-order valence-corrected chi connectivity index (χ0v) is 19.0. The summed E-state index contributed by atoms with van der Waals surface area (Å²) in [6, 6.07) is 13.0. The van der Waals surface area contributed by atoms with Crippen molar-refractivity contribution in [1.29, 1.82) is 0 Å². The van der Waals surface area contributed by atoms with E-state index in [9.17, 15) is 9.59 Å². The molecule has 30 heavy (non-hydrogen) atoms. The number of methoxy groups -OCH3 is 1. The van der Waals surface area contributed by atoms with E-state index in [0.29, 0.717) is 22.2 Å². The standard InChI is InChI=1S/C22H24N2O4S2/c1-5-28-16-9-10-18-19(12-16)30-22(24(18)13-20(25)27-4)23-21(26)15-7-6-8-17(11-15)29-14(2)3/h6-12,14H,5,13H2,1-4H3. The van der Waals surface area contributed by atoms with E-state index in [-0.39, 0.29) is 12.5 Å². The number of carbonyl (C=O) groups is 2. The Morgan fingerprint density at radius 2 is 2.00 bits per heavy atom. The minimum Gasteiger partial charge on any atom is -0.494 e. The Kier molecular flexibility index (Phi) is 7.33. The molecule has 0 aliphatic carbocycles. The number of nitrogens with zero attached hydrogens (tertiary/aromatic N) is 2. The van der Waals surface area contributed by atoms with Gasteiger partial charge < -0.3 is 14.0 Å². The van der Waals surface area contributed by atoms with Gasteiger partial charge in [-0.25, -0.2) is 0 Å². The molecule has 0 unspecified atom stereocenters. The number of thiazole rings is 1. The summed E-state index contributed by atoms with van der Waals surface area (Å²) in [7, 11) is 1.34. The molecule has 0 bridgehead atoms. The molecule has 1 aromatic heterocycles. The second-order valence-electron chi connectivity index (χ2n) is 6.72. The highest BCUT2D eigenvalue weighted by Crippen LogP contribution is 2.25. The number of ether oxygens (including phenoxy) is 2. The van der Waals surface area contributed by atoms with Crippen molar-refractivity contribution in [2.24, 2.45) is 4.99 Å². The van der Waals surface area contributed by atoms with Crippen molar-refractivity contribution in [1.82, 2.24) is 4.57 Å². The number of thioether (sulfide) groups is 1. The zero-order chi connectivity index (χ0) is 21.7. The Morgan fingerprint density at radius 3 is 2.70 bits per heavy atom. The van der Waals surface area contributed by atoms with Crippen molar-refractivity contribution < 1.29 is 19.1 Å². The fraction of sp³-hybridized carbons (Fsp3) is 0.318. The van der Waals surface area contributed by atoms with Crippen LogP contribution in [0.3, 0.4) is 0 Å². The van der Waals surface area contributed by atoms with Crippen molar-refractivity contribution in [3.63, 3.8) is 0 Å². The molecule has 2 aromatic carbocycles. The summed E-state index contributed by atoms with van der Waals surface area (Å²) in [6.45, 7) is 6.65. The minimum atomic E-state index is -0.409. The highest BCUT2D eigenvalue weighted by molar-refractivity contribution is 7.99. The molecule has 0 aliphatic rings. The lowest BCUT2D eigenvalue weighted by molar-refractivity contribution is -0.141. The Hall–Kier alpha value is -2.58. The van der Waals surface area contributed by atoms with Crippen molar-refractivity contribution in [2.45, 2.75) is 37.5 Å². The predicted molar refractivity (Wildman–Crippen MR) is 120 cm³/mol. The molecule has 3 rings (SSSR count). The number of carbonyl (C=O) groups excluding carboxylic acids is 2. The molecule has 0 spiro atoms. The monoisotopic (exact) mass is 444 g/mol. The van der Waals surface area contributed by atoms with Crippen LogP contribution in [0.2, 0.25) is 0 Å². The first-order chi connectivity index (χ1) is 14.4. The Bertz CT molecular complexity index is 1130. The van der Waals surface area contributed by atoms with Gasteiger partial charge in [-0.2, -0.15) is 4.99 Å². The van der Waals surface area contributed by atoms with Gasteiger partial charge in [0.05, 0.1) is 23.9 Å². The first-order valence-corrected chi connectivity index (χ1v) is 11.3. The van der Waals surface area contributed by atoms with Gasteiger partial charge >= 0.3 is 5.97 Å². The summed E-state index contributed by atoms with van der Waals surface area (Å²) < 4.78 is 13.0. The molecular formula is C22H24N2O4S2. The van der Waals surface area contributed by atoms with Crippen molar-refractivity contribution in [3.05, 3.63) is 52.8 Å². The second kappa shape index (κ2) is 9.95. The number of benzene rings is 2. The summed E-state index contributed by atoms with van der Waals surface area (Å²) >= 11 is 3.03. The van der Waals surface area contributed by atoms with Crippen molar-refractivity contribution >= 4 is 45.2 Å². The first kappa shape index (κ1) is 22.1. The van der Waals surface area contributed by atoms with Crippen LogP contribution in [0.15, 0.2) is 52.4 Å². The highest BCUT2D eigenvalue weighted by atomic mass is 32.2. The molecule has 3 aromatic rings. The maximum atomic E-state index is 12.9. The lowest BCUT2D eigenvalue weighted by atomic mass is 10.2. The molecule has 0 aliphatic heterocycles. The number of aromatic nitrogens is 1. The maximum Gasteiger partial charge on any atom is 0.325 e. The Morgan fingerprint density at radius 1 is 1.20 bits per heavy atom. The van der Waals surface area contributed by atoms with Crippen LogP contribution in [-0.2, 0) is 16.1 Å². The second-order valence-corrected chi connectivity index (χ2v) is 9.38. The quantitative estimate of drug-likeness (QED) is 0.396. The third kappa shape index (κ3) is 5.31. The van der Waals surface area contributed by atoms with Gasteiger partial charge in [-0.3, -0.25) is 9.59 Å². The van der Waals surface area contributed by atoms with Crippen LogP contribution in [0.1, 0.15) is 31.1 Å². The predicted octanol–water partition coefficient (Wildman–Crippen LogP) is 4.52. The van der Waals surface area contributed by atoms with E-state index in [1.165, 1.54) is 18.4 Å². The fourth-order valence-corrected chi connectivity index (χ4v) is 4.82. The van der Waals surface area contributed by atoms with Gasteiger partial charge in [0.2, 0.25) is 0 Å². The third-order valence-corrected chi connectivity index (χ3v) is 6.17. The van der Waals surface area contributed by atoms with Gasteiger partial charge in [-0.15, -0.1) is 11.8 Å². The molecule has 158 valence electrons. The van der Waals surface area contributed by atoms with Gasteiger partial charge in [0.1, 0.15) is 12.3 Å². The third-order valence-electron chi connectivity index (χ3n) is 4.13. The van der Waals surface area contributed by atoms with Crippen LogP contribution in [0.25, 0.3) is 10.2 Å². The smallest absolute Gasteiger partial charge is 0.325 e. The molecule has 8 heteroatoms. The molecule has 0 saturated carbocycles. The van der Waals surface area contributed by atoms with E-state index >= 15 is 0 Å². The molecule has 0 radical (unpaired) electrons. The van der Waals surface area contributed by atoms with Gasteiger partial charge in [-0.1, -0.05) is 31.3 Å². The summed E-state index contributed by atoms with van der Waals surface area (Å²) in [5.74, 6) is -0.0306. The summed E-state index contributed by atoms with van der Waals surface area (Å²) in [4.78, 5) is 30.6. The van der Waals surface area contributed by atoms with Gasteiger partial charge in [0.15, 0.2) is 4.80 Å². The van der Waals surface area contributed by atoms with Gasteiger partial charge in [0, 0.05) is 15.7 Å². The number of amides is 1. The van der Waals surface area contributed by atoms with Crippen LogP contribution in [0.5, 0.6) is 5.75 Å². The van der Waals surface area contributed by atoms with E-state index in [0.717, 1.165) is 20.9 Å². The lowest BCUT2D eigenvalue weighted by Crippen LogP contribution is -2.22. The van der Waals surface area contributed by atoms with Gasteiger partial charge in [-0.05, 0) is 43.3 Å². The van der Waals surface area contributed by atoms with Crippen LogP contribution in [0, 0.1) is 0 Å². The first-order valence-electron chi connectivity index (χ1n) is 9.60. The molecule has 0 N–H and O–H groups in total. The van der Waals surface area contributed by atoms with Crippen LogP contribution < -0.4 is 9.54 Å². The van der Waals surface area contributed by atoms with Crippen LogP contribution in [0.4, 0.5) is 0 Å². The van der Waals surface area contributed by atoms with E-state index in [1.807, 2.05) is 43.3 Å². The molecule has 1 heterocycles. The van der Waals surface area contributed by atoms with E-state index in [1.54, 1.807) is 22.4 Å². The zero-order valence-electron chi connectivity index (χ0n) is 17.4. The molecule has 0 saturated heterocycles. The lowest BCUT2D eigenvalue weighted by Gasteiger charge is -2.06. The number of rotatable bonds is 7. The Labute approximate surface area is 183 Å². The molecule has 0 atom stereocenters. The fourth-order valence-electron chi connectivity index (χ4n) is 2.87. The minimum absolute atomic E-state index is 0.0279. The van der Waals surface area contributed by atoms with E-state index in [4.69, 9.17) is 9.47 Å².